The van der Waals surface area contributed by atoms with Crippen LogP contribution in [0.4, 0.5) is 5.69 Å². The van der Waals surface area contributed by atoms with Gasteiger partial charge in [-0.15, -0.1) is 23.1 Å². The van der Waals surface area contributed by atoms with E-state index < -0.39 is 0 Å². The van der Waals surface area contributed by atoms with E-state index in [-0.39, 0.29) is 11.7 Å². The Bertz CT molecular complexity index is 396. The molecule has 1 fully saturated rings. The van der Waals surface area contributed by atoms with Crippen LogP contribution in [0, 0.1) is 5.92 Å². The van der Waals surface area contributed by atoms with Gasteiger partial charge >= 0.3 is 0 Å². The Hall–Kier alpha value is -0.680. The first-order valence-electron chi connectivity index (χ1n) is 4.73. The normalized spacial score (nSPS) is 15.3. The van der Waals surface area contributed by atoms with Crippen LogP contribution in [-0.2, 0) is 0 Å². The molecule has 0 amide bonds. The number of thiophene rings is 1. The standard InChI is InChI=1S/C10H13NO2S2/c1-13-8-6(11)9(15-10(8)14-2)7(12)5-3-4-5/h5H,3-4,11H2,1-2H3. The highest BCUT2D eigenvalue weighted by molar-refractivity contribution is 8.00. The van der Waals surface area contributed by atoms with Crippen molar-refractivity contribution in [3.63, 3.8) is 0 Å². The summed E-state index contributed by atoms with van der Waals surface area (Å²) in [5, 5.41) is 0. The second kappa shape index (κ2) is 4.06. The molecule has 1 saturated carbocycles. The predicted molar refractivity (Wildman–Crippen MR) is 64.1 cm³/mol. The molecule has 1 aliphatic carbocycles. The van der Waals surface area contributed by atoms with Gasteiger partial charge in [0.1, 0.15) is 4.21 Å². The Balaban J connectivity index is 2.38. The molecule has 82 valence electrons. The lowest BCUT2D eigenvalue weighted by Gasteiger charge is -2.00. The summed E-state index contributed by atoms with van der Waals surface area (Å²) in [6.45, 7) is 0. The Kier molecular flexibility index (Phi) is 2.93. The summed E-state index contributed by atoms with van der Waals surface area (Å²) < 4.78 is 6.20. The third kappa shape index (κ3) is 1.86. The van der Waals surface area contributed by atoms with Gasteiger partial charge in [-0.25, -0.2) is 0 Å². The quantitative estimate of drug-likeness (QED) is 0.652. The molecule has 5 heteroatoms. The van der Waals surface area contributed by atoms with Gasteiger partial charge in [-0.3, -0.25) is 4.79 Å². The van der Waals surface area contributed by atoms with Crippen molar-refractivity contribution in [1.82, 2.24) is 0 Å². The number of Topliss-reactive ketones (excluding diaryl/α,β-unsaturated/α-hetero) is 1. The molecule has 0 aromatic carbocycles. The van der Waals surface area contributed by atoms with Crippen molar-refractivity contribution in [1.29, 1.82) is 0 Å². The van der Waals surface area contributed by atoms with Crippen molar-refractivity contribution < 1.29 is 9.53 Å². The molecule has 15 heavy (non-hydrogen) atoms. The first-order valence-corrected chi connectivity index (χ1v) is 6.77. The number of thioether (sulfide) groups is 1. The Morgan fingerprint density at radius 2 is 2.27 bits per heavy atom. The highest BCUT2D eigenvalue weighted by Crippen LogP contribution is 2.46. The number of ketones is 1. The predicted octanol–water partition coefficient (Wildman–Crippen LogP) is 2.65. The van der Waals surface area contributed by atoms with Crippen LogP contribution in [0.2, 0.25) is 0 Å². The van der Waals surface area contributed by atoms with E-state index >= 15 is 0 Å². The molecule has 0 atom stereocenters. The SMILES string of the molecule is COc1c(SC)sc(C(=O)C2CC2)c1N. The maximum atomic E-state index is 11.9. The van der Waals surface area contributed by atoms with Crippen molar-refractivity contribution in [2.45, 2.75) is 17.1 Å². The molecular weight excluding hydrogens is 230 g/mol. The van der Waals surface area contributed by atoms with E-state index in [4.69, 9.17) is 10.5 Å². The van der Waals surface area contributed by atoms with Crippen LogP contribution in [-0.4, -0.2) is 19.1 Å². The van der Waals surface area contributed by atoms with Crippen molar-refractivity contribution in [3.05, 3.63) is 4.88 Å². The molecule has 0 saturated heterocycles. The van der Waals surface area contributed by atoms with Gasteiger partial charge in [0, 0.05) is 5.92 Å². The second-order valence-electron chi connectivity index (χ2n) is 3.51. The van der Waals surface area contributed by atoms with E-state index in [2.05, 4.69) is 0 Å². The fourth-order valence-corrected chi connectivity index (χ4v) is 3.35. The molecule has 0 spiro atoms. The average Bonchev–Trinajstić information content (AvgIpc) is 3.02. The Labute approximate surface area is 97.0 Å². The molecule has 3 nitrogen and oxygen atoms in total. The molecular formula is C10H13NO2S2. The number of nitrogens with two attached hydrogens (primary N) is 1. The van der Waals surface area contributed by atoms with Gasteiger partial charge in [0.15, 0.2) is 11.5 Å². The maximum Gasteiger partial charge on any atom is 0.178 e. The fraction of sp³-hybridized carbons (Fsp3) is 0.500. The first kappa shape index (κ1) is 10.8. The zero-order valence-electron chi connectivity index (χ0n) is 8.70. The van der Waals surface area contributed by atoms with Crippen LogP contribution < -0.4 is 10.5 Å². The number of rotatable bonds is 4. The topological polar surface area (TPSA) is 52.3 Å². The summed E-state index contributed by atoms with van der Waals surface area (Å²) in [4.78, 5) is 12.6. The van der Waals surface area contributed by atoms with Gasteiger partial charge in [-0.2, -0.15) is 0 Å². The summed E-state index contributed by atoms with van der Waals surface area (Å²) in [5.74, 6) is 1.07. The van der Waals surface area contributed by atoms with Gasteiger partial charge in [0.25, 0.3) is 0 Å². The Morgan fingerprint density at radius 3 is 2.67 bits per heavy atom. The molecule has 0 aliphatic heterocycles. The summed E-state index contributed by atoms with van der Waals surface area (Å²) in [6, 6.07) is 0. The van der Waals surface area contributed by atoms with Crippen LogP contribution >= 0.6 is 23.1 Å². The van der Waals surface area contributed by atoms with Crippen molar-refractivity contribution in [2.75, 3.05) is 19.1 Å². The molecule has 2 N–H and O–H groups in total. The molecule has 0 bridgehead atoms. The van der Waals surface area contributed by atoms with Crippen molar-refractivity contribution in [3.8, 4) is 5.75 Å². The minimum absolute atomic E-state index is 0.191. The molecule has 1 aromatic rings. The minimum atomic E-state index is 0.191. The summed E-state index contributed by atoms with van der Waals surface area (Å²) in [7, 11) is 1.59. The van der Waals surface area contributed by atoms with Gasteiger partial charge in [-0.1, -0.05) is 0 Å². The monoisotopic (exact) mass is 243 g/mol. The van der Waals surface area contributed by atoms with E-state index in [0.29, 0.717) is 16.3 Å². The number of nitrogen functional groups attached to an aromatic ring is 1. The number of ether oxygens (including phenoxy) is 1. The number of hydrogen-bond donors (Lipinski definition) is 1. The smallest absolute Gasteiger partial charge is 0.178 e. The number of hydrogen-bond acceptors (Lipinski definition) is 5. The fourth-order valence-electron chi connectivity index (χ4n) is 1.45. The number of anilines is 1. The lowest BCUT2D eigenvalue weighted by molar-refractivity contribution is 0.0972. The highest BCUT2D eigenvalue weighted by Gasteiger charge is 2.34. The van der Waals surface area contributed by atoms with Crippen LogP contribution in [0.15, 0.2) is 4.21 Å². The van der Waals surface area contributed by atoms with Gasteiger partial charge in [0.2, 0.25) is 0 Å². The average molecular weight is 243 g/mol. The van der Waals surface area contributed by atoms with Crippen LogP contribution in [0.25, 0.3) is 0 Å². The van der Waals surface area contributed by atoms with Crippen molar-refractivity contribution in [2.24, 2.45) is 5.92 Å². The van der Waals surface area contributed by atoms with E-state index in [0.717, 1.165) is 17.1 Å². The molecule has 2 rings (SSSR count). The van der Waals surface area contributed by atoms with Crippen LogP contribution in [0.5, 0.6) is 5.75 Å². The van der Waals surface area contributed by atoms with Crippen LogP contribution in [0.1, 0.15) is 22.5 Å². The van der Waals surface area contributed by atoms with Crippen molar-refractivity contribution >= 4 is 34.6 Å². The van der Waals surface area contributed by atoms with Gasteiger partial charge in [-0.05, 0) is 19.1 Å². The van der Waals surface area contributed by atoms with Crippen LogP contribution in [0.3, 0.4) is 0 Å². The molecule has 0 unspecified atom stereocenters. The molecule has 1 aromatic heterocycles. The molecule has 1 aliphatic rings. The van der Waals surface area contributed by atoms with Gasteiger partial charge < -0.3 is 10.5 Å². The summed E-state index contributed by atoms with van der Waals surface area (Å²) in [5.41, 5.74) is 6.43. The maximum absolute atomic E-state index is 11.9. The van der Waals surface area contributed by atoms with E-state index in [1.807, 2.05) is 6.26 Å². The largest absolute Gasteiger partial charge is 0.492 e. The zero-order chi connectivity index (χ0) is 11.0. The summed E-state index contributed by atoms with van der Waals surface area (Å²) in [6.07, 6.45) is 3.97. The highest BCUT2D eigenvalue weighted by atomic mass is 32.2. The lowest BCUT2D eigenvalue weighted by atomic mass is 10.2. The van der Waals surface area contributed by atoms with Gasteiger partial charge in [0.05, 0.1) is 17.7 Å². The zero-order valence-corrected chi connectivity index (χ0v) is 10.3. The minimum Gasteiger partial charge on any atom is -0.492 e. The third-order valence-electron chi connectivity index (χ3n) is 2.43. The Morgan fingerprint density at radius 1 is 1.60 bits per heavy atom. The number of methoxy groups -OCH3 is 1. The lowest BCUT2D eigenvalue weighted by Crippen LogP contribution is -2.02. The van der Waals surface area contributed by atoms with E-state index in [1.165, 1.54) is 11.3 Å². The number of carbonyl (C=O) groups is 1. The molecule has 1 heterocycles. The first-order chi connectivity index (χ1) is 7.19. The third-order valence-corrected chi connectivity index (χ3v) is 4.73. The number of carbonyl (C=O) groups excluding carboxylic acids is 1. The molecule has 0 radical (unpaired) electrons. The van der Waals surface area contributed by atoms with E-state index in [1.54, 1.807) is 18.9 Å². The summed E-state index contributed by atoms with van der Waals surface area (Å²) >= 11 is 3.02. The van der Waals surface area contributed by atoms with E-state index in [9.17, 15) is 4.79 Å². The second-order valence-corrected chi connectivity index (χ2v) is 5.60.